The molecule has 1 amide bonds. The van der Waals surface area contributed by atoms with E-state index >= 15 is 0 Å². The van der Waals surface area contributed by atoms with Crippen LogP contribution in [0.15, 0.2) is 42.7 Å². The number of nitrogens with zero attached hydrogens (tertiary/aromatic N) is 2. The first kappa shape index (κ1) is 15.3. The molecule has 1 N–H and O–H groups in total. The second kappa shape index (κ2) is 6.56. The Bertz CT molecular complexity index is 691. The molecule has 1 heterocycles. The minimum Gasteiger partial charge on any atom is -0.480 e. The highest BCUT2D eigenvalue weighted by molar-refractivity contribution is 6.34. The van der Waals surface area contributed by atoms with Crippen LogP contribution in [0, 0.1) is 0 Å². The number of hydrogen-bond donors (Lipinski definition) is 1. The van der Waals surface area contributed by atoms with Gasteiger partial charge in [0.1, 0.15) is 6.54 Å². The van der Waals surface area contributed by atoms with Crippen molar-refractivity contribution in [3.05, 3.63) is 58.3 Å². The molecule has 21 heavy (non-hydrogen) atoms. The lowest BCUT2D eigenvalue weighted by atomic mass is 10.2. The van der Waals surface area contributed by atoms with Crippen LogP contribution in [0.3, 0.4) is 0 Å². The Morgan fingerprint density at radius 2 is 2.00 bits per heavy atom. The number of anilines is 1. The van der Waals surface area contributed by atoms with Crippen molar-refractivity contribution in [2.45, 2.75) is 0 Å². The quantitative estimate of drug-likeness (QED) is 0.937. The van der Waals surface area contributed by atoms with Gasteiger partial charge in [0.25, 0.3) is 5.91 Å². The van der Waals surface area contributed by atoms with Crippen molar-refractivity contribution < 1.29 is 14.7 Å². The molecule has 0 spiro atoms. The molecule has 0 saturated heterocycles. The number of carboxylic acids is 1. The van der Waals surface area contributed by atoms with E-state index in [9.17, 15) is 9.59 Å². The lowest BCUT2D eigenvalue weighted by molar-refractivity contribution is -0.135. The number of carboxylic acid groups (broad SMARTS) is 1. The fourth-order valence-electron chi connectivity index (χ4n) is 1.75. The number of rotatable bonds is 4. The average Bonchev–Trinajstić information content (AvgIpc) is 2.44. The van der Waals surface area contributed by atoms with E-state index < -0.39 is 18.4 Å². The van der Waals surface area contributed by atoms with Crippen molar-refractivity contribution in [3.63, 3.8) is 0 Å². The molecule has 7 heteroatoms. The zero-order valence-corrected chi connectivity index (χ0v) is 12.2. The summed E-state index contributed by atoms with van der Waals surface area (Å²) in [5, 5.41) is 9.56. The minimum atomic E-state index is -1.14. The van der Waals surface area contributed by atoms with E-state index in [1.807, 2.05) is 0 Å². The van der Waals surface area contributed by atoms with Crippen LogP contribution in [0.25, 0.3) is 0 Å². The van der Waals surface area contributed by atoms with E-state index in [4.69, 9.17) is 28.3 Å². The summed E-state index contributed by atoms with van der Waals surface area (Å²) >= 11 is 11.8. The number of carbonyl (C=O) groups excluding carboxylic acids is 1. The van der Waals surface area contributed by atoms with Crippen molar-refractivity contribution in [2.24, 2.45) is 0 Å². The Balaban J connectivity index is 2.43. The fourth-order valence-corrected chi connectivity index (χ4v) is 2.14. The summed E-state index contributed by atoms with van der Waals surface area (Å²) < 4.78 is 0. The number of pyridine rings is 1. The number of halogens is 2. The van der Waals surface area contributed by atoms with Crippen LogP contribution in [0.2, 0.25) is 10.0 Å². The molecule has 0 aliphatic carbocycles. The third-order valence-corrected chi connectivity index (χ3v) is 3.20. The van der Waals surface area contributed by atoms with Crippen molar-refractivity contribution in [2.75, 3.05) is 11.4 Å². The lowest BCUT2D eigenvalue weighted by Crippen LogP contribution is -2.35. The fraction of sp³-hybridized carbons (Fsp3) is 0.0714. The zero-order chi connectivity index (χ0) is 15.4. The standard InChI is InChI=1S/C14H10Cl2N2O3/c15-9-2-1-3-10(6-9)18(8-13(19)20)14(21)11-4-5-17-7-12(11)16/h1-7H,8H2,(H,19,20). The maximum absolute atomic E-state index is 12.5. The SMILES string of the molecule is O=C(O)CN(C(=O)c1ccncc1Cl)c1cccc(Cl)c1. The zero-order valence-electron chi connectivity index (χ0n) is 10.7. The normalized spacial score (nSPS) is 10.2. The summed E-state index contributed by atoms with van der Waals surface area (Å²) in [6.45, 7) is -0.502. The summed E-state index contributed by atoms with van der Waals surface area (Å²) in [5.41, 5.74) is 0.552. The van der Waals surface area contributed by atoms with Gasteiger partial charge in [-0.2, -0.15) is 0 Å². The molecule has 0 fully saturated rings. The molecule has 0 aliphatic rings. The predicted molar refractivity (Wildman–Crippen MR) is 80.0 cm³/mol. The maximum atomic E-state index is 12.5. The summed E-state index contributed by atoms with van der Waals surface area (Å²) in [4.78, 5) is 28.4. The van der Waals surface area contributed by atoms with Crippen LogP contribution in [0.5, 0.6) is 0 Å². The van der Waals surface area contributed by atoms with Gasteiger partial charge in [-0.25, -0.2) is 0 Å². The van der Waals surface area contributed by atoms with E-state index in [2.05, 4.69) is 4.98 Å². The molecule has 0 radical (unpaired) electrons. The largest absolute Gasteiger partial charge is 0.480 e. The monoisotopic (exact) mass is 324 g/mol. The van der Waals surface area contributed by atoms with Gasteiger partial charge in [0.15, 0.2) is 0 Å². The first-order valence-electron chi connectivity index (χ1n) is 5.88. The Kier molecular flexibility index (Phi) is 4.77. The third kappa shape index (κ3) is 3.71. The number of hydrogen-bond acceptors (Lipinski definition) is 3. The molecule has 2 rings (SSSR count). The van der Waals surface area contributed by atoms with Crippen LogP contribution in [0.4, 0.5) is 5.69 Å². The molecule has 1 aromatic heterocycles. The number of amides is 1. The van der Waals surface area contributed by atoms with Gasteiger partial charge in [0.05, 0.1) is 10.6 Å². The van der Waals surface area contributed by atoms with Gasteiger partial charge < -0.3 is 5.11 Å². The molecule has 108 valence electrons. The Morgan fingerprint density at radius 1 is 1.24 bits per heavy atom. The van der Waals surface area contributed by atoms with Crippen LogP contribution < -0.4 is 4.90 Å². The van der Waals surface area contributed by atoms with Crippen molar-refractivity contribution >= 4 is 40.8 Å². The average molecular weight is 325 g/mol. The van der Waals surface area contributed by atoms with Gasteiger partial charge >= 0.3 is 5.97 Å². The number of benzene rings is 1. The number of aromatic nitrogens is 1. The highest BCUT2D eigenvalue weighted by atomic mass is 35.5. The topological polar surface area (TPSA) is 70.5 Å². The van der Waals surface area contributed by atoms with Crippen molar-refractivity contribution in [3.8, 4) is 0 Å². The molecular formula is C14H10Cl2N2O3. The smallest absolute Gasteiger partial charge is 0.323 e. The van der Waals surface area contributed by atoms with Crippen LogP contribution in [0.1, 0.15) is 10.4 Å². The lowest BCUT2D eigenvalue weighted by Gasteiger charge is -2.21. The van der Waals surface area contributed by atoms with E-state index in [1.165, 1.54) is 24.5 Å². The summed E-state index contributed by atoms with van der Waals surface area (Å²) in [7, 11) is 0. The Labute approximate surface area is 130 Å². The second-order valence-electron chi connectivity index (χ2n) is 4.12. The Hall–Kier alpha value is -2.11. The highest BCUT2D eigenvalue weighted by Gasteiger charge is 2.22. The molecule has 0 bridgehead atoms. The second-order valence-corrected chi connectivity index (χ2v) is 4.96. The molecule has 0 atom stereocenters. The Morgan fingerprint density at radius 3 is 2.62 bits per heavy atom. The van der Waals surface area contributed by atoms with Crippen molar-refractivity contribution in [1.29, 1.82) is 0 Å². The molecule has 0 saturated carbocycles. The van der Waals surface area contributed by atoms with Gasteiger partial charge in [-0.05, 0) is 24.3 Å². The summed E-state index contributed by atoms with van der Waals surface area (Å²) in [5.74, 6) is -1.68. The van der Waals surface area contributed by atoms with Gasteiger partial charge in [-0.1, -0.05) is 29.3 Å². The number of aliphatic carboxylic acids is 1. The first-order chi connectivity index (χ1) is 9.99. The van der Waals surface area contributed by atoms with Gasteiger partial charge in [-0.15, -0.1) is 0 Å². The third-order valence-electron chi connectivity index (χ3n) is 2.66. The number of carbonyl (C=O) groups is 2. The van der Waals surface area contributed by atoms with E-state index in [1.54, 1.807) is 18.2 Å². The van der Waals surface area contributed by atoms with Gasteiger partial charge in [0.2, 0.25) is 0 Å². The molecule has 0 aliphatic heterocycles. The maximum Gasteiger partial charge on any atom is 0.323 e. The summed E-state index contributed by atoms with van der Waals surface area (Å²) in [6, 6.07) is 7.81. The molecule has 2 aromatic rings. The van der Waals surface area contributed by atoms with Crippen LogP contribution in [-0.2, 0) is 4.79 Å². The van der Waals surface area contributed by atoms with Crippen LogP contribution >= 0.6 is 23.2 Å². The van der Waals surface area contributed by atoms with Gasteiger partial charge in [0, 0.05) is 23.1 Å². The minimum absolute atomic E-state index is 0.153. The van der Waals surface area contributed by atoms with E-state index in [0.29, 0.717) is 10.7 Å². The van der Waals surface area contributed by atoms with Gasteiger partial charge in [-0.3, -0.25) is 19.5 Å². The van der Waals surface area contributed by atoms with E-state index in [0.717, 1.165) is 4.90 Å². The molecule has 1 aromatic carbocycles. The molecule has 0 unspecified atom stereocenters. The molecule has 5 nitrogen and oxygen atoms in total. The van der Waals surface area contributed by atoms with E-state index in [-0.39, 0.29) is 10.6 Å². The first-order valence-corrected chi connectivity index (χ1v) is 6.63. The van der Waals surface area contributed by atoms with Crippen LogP contribution in [-0.4, -0.2) is 28.5 Å². The molecular weight excluding hydrogens is 315 g/mol. The highest BCUT2D eigenvalue weighted by Crippen LogP contribution is 2.23. The predicted octanol–water partition coefficient (Wildman–Crippen LogP) is 3.12. The van der Waals surface area contributed by atoms with Crippen molar-refractivity contribution in [1.82, 2.24) is 4.98 Å². The summed E-state index contributed by atoms with van der Waals surface area (Å²) in [6.07, 6.45) is 2.74.